The number of nitrogens with zero attached hydrogens (tertiary/aromatic N) is 4. The van der Waals surface area contributed by atoms with Crippen LogP contribution in [0.15, 0.2) is 30.7 Å². The lowest BCUT2D eigenvalue weighted by Crippen LogP contribution is -1.96. The van der Waals surface area contributed by atoms with Gasteiger partial charge >= 0.3 is 5.97 Å². The van der Waals surface area contributed by atoms with Crippen molar-refractivity contribution < 1.29 is 9.90 Å². The average Bonchev–Trinajstić information content (AvgIpc) is 2.75. The molecule has 0 atom stereocenters. The zero-order valence-electron chi connectivity index (χ0n) is 8.74. The summed E-state index contributed by atoms with van der Waals surface area (Å²) in [4.78, 5) is 14.9. The summed E-state index contributed by atoms with van der Waals surface area (Å²) in [7, 11) is 0. The van der Waals surface area contributed by atoms with Crippen LogP contribution in [0, 0.1) is 11.3 Å². The molecule has 0 aliphatic rings. The minimum atomic E-state index is -1.07. The van der Waals surface area contributed by atoms with E-state index in [0.717, 1.165) is 0 Å². The highest BCUT2D eigenvalue weighted by molar-refractivity contribution is 5.94. The third-order valence-electron chi connectivity index (χ3n) is 2.18. The maximum Gasteiger partial charge on any atom is 0.339 e. The topological polar surface area (TPSA) is 91.8 Å². The summed E-state index contributed by atoms with van der Waals surface area (Å²) in [5.41, 5.74) is 1.08. The zero-order chi connectivity index (χ0) is 12.3. The number of hydrogen-bond acceptors (Lipinski definition) is 4. The van der Waals surface area contributed by atoms with E-state index < -0.39 is 5.97 Å². The smallest absolute Gasteiger partial charge is 0.339 e. The van der Waals surface area contributed by atoms with Crippen molar-refractivity contribution in [2.45, 2.75) is 6.54 Å². The van der Waals surface area contributed by atoms with Crippen molar-refractivity contribution in [2.75, 3.05) is 0 Å². The van der Waals surface area contributed by atoms with E-state index >= 15 is 0 Å². The van der Waals surface area contributed by atoms with Gasteiger partial charge in [-0.2, -0.15) is 10.4 Å². The molecule has 6 nitrogen and oxygen atoms in total. The van der Waals surface area contributed by atoms with E-state index in [9.17, 15) is 4.79 Å². The molecule has 0 unspecified atom stereocenters. The van der Waals surface area contributed by atoms with Gasteiger partial charge in [-0.05, 0) is 12.1 Å². The number of aromatic nitrogens is 3. The number of carbonyl (C=O) groups is 1. The van der Waals surface area contributed by atoms with Crippen molar-refractivity contribution >= 4 is 5.97 Å². The highest BCUT2D eigenvalue weighted by atomic mass is 16.4. The van der Waals surface area contributed by atoms with Crippen LogP contribution >= 0.6 is 0 Å². The molecule has 0 spiro atoms. The lowest BCUT2D eigenvalue weighted by atomic mass is 10.1. The first kappa shape index (κ1) is 10.8. The van der Waals surface area contributed by atoms with E-state index in [4.69, 9.17) is 10.4 Å². The first-order valence-electron chi connectivity index (χ1n) is 4.80. The fourth-order valence-electron chi connectivity index (χ4n) is 1.45. The molecule has 2 aromatic rings. The molecule has 0 saturated heterocycles. The van der Waals surface area contributed by atoms with Gasteiger partial charge in [-0.3, -0.25) is 9.67 Å². The predicted molar refractivity (Wildman–Crippen MR) is 58.0 cm³/mol. The second-order valence-corrected chi connectivity index (χ2v) is 3.29. The van der Waals surface area contributed by atoms with E-state index in [1.54, 1.807) is 24.5 Å². The number of pyridine rings is 1. The van der Waals surface area contributed by atoms with Gasteiger partial charge in [-0.1, -0.05) is 0 Å². The largest absolute Gasteiger partial charge is 0.478 e. The number of carboxylic acid groups (broad SMARTS) is 1. The van der Waals surface area contributed by atoms with Crippen LogP contribution in [0.25, 0.3) is 11.3 Å². The van der Waals surface area contributed by atoms with E-state index in [1.165, 1.54) is 10.9 Å². The molecule has 0 bridgehead atoms. The molecule has 1 N–H and O–H groups in total. The Kier molecular flexibility index (Phi) is 2.83. The van der Waals surface area contributed by atoms with Crippen LogP contribution in [-0.4, -0.2) is 25.8 Å². The average molecular weight is 228 g/mol. The standard InChI is InChI=1S/C11H8N4O2/c12-3-6-15-7-9(11(16)17)10(14-15)8-1-4-13-5-2-8/h1-2,4-5,7H,6H2,(H,16,17). The van der Waals surface area contributed by atoms with E-state index in [1.807, 2.05) is 6.07 Å². The molecule has 0 saturated carbocycles. The molecule has 0 aliphatic heterocycles. The number of nitriles is 1. The van der Waals surface area contributed by atoms with Crippen molar-refractivity contribution in [3.05, 3.63) is 36.3 Å². The summed E-state index contributed by atoms with van der Waals surface area (Å²) in [5, 5.41) is 21.7. The molecule has 0 radical (unpaired) electrons. The minimum Gasteiger partial charge on any atom is -0.478 e. The van der Waals surface area contributed by atoms with Gasteiger partial charge < -0.3 is 5.11 Å². The Bertz CT molecular complexity index is 583. The molecule has 17 heavy (non-hydrogen) atoms. The van der Waals surface area contributed by atoms with Gasteiger partial charge in [0, 0.05) is 24.2 Å². The fourth-order valence-corrected chi connectivity index (χ4v) is 1.45. The summed E-state index contributed by atoms with van der Waals surface area (Å²) in [6.07, 6.45) is 4.47. The Morgan fingerprint density at radius 2 is 2.18 bits per heavy atom. The van der Waals surface area contributed by atoms with Crippen molar-refractivity contribution in [3.8, 4) is 17.3 Å². The molecule has 2 heterocycles. The SMILES string of the molecule is N#CCn1cc(C(=O)O)c(-c2ccncc2)n1. The van der Waals surface area contributed by atoms with Crippen molar-refractivity contribution in [1.82, 2.24) is 14.8 Å². The van der Waals surface area contributed by atoms with Crippen LogP contribution in [0.4, 0.5) is 0 Å². The molecule has 84 valence electrons. The molecule has 2 rings (SSSR count). The van der Waals surface area contributed by atoms with Crippen molar-refractivity contribution in [1.29, 1.82) is 5.26 Å². The summed E-state index contributed by atoms with van der Waals surface area (Å²) in [6.45, 7) is 0.0192. The van der Waals surface area contributed by atoms with Crippen molar-refractivity contribution in [2.24, 2.45) is 0 Å². The van der Waals surface area contributed by atoms with Gasteiger partial charge in [0.25, 0.3) is 0 Å². The molecule has 0 fully saturated rings. The van der Waals surface area contributed by atoms with Gasteiger partial charge in [0.1, 0.15) is 17.8 Å². The van der Waals surface area contributed by atoms with E-state index in [0.29, 0.717) is 11.3 Å². The van der Waals surface area contributed by atoms with Gasteiger partial charge in [0.05, 0.1) is 6.07 Å². The lowest BCUT2D eigenvalue weighted by Gasteiger charge is -1.96. The third kappa shape index (κ3) is 2.13. The maximum atomic E-state index is 11.1. The number of rotatable bonds is 3. The van der Waals surface area contributed by atoms with E-state index in [-0.39, 0.29) is 12.1 Å². The van der Waals surface area contributed by atoms with Gasteiger partial charge in [-0.25, -0.2) is 4.79 Å². The molecule has 2 aromatic heterocycles. The van der Waals surface area contributed by atoms with Crippen molar-refractivity contribution in [3.63, 3.8) is 0 Å². The first-order valence-corrected chi connectivity index (χ1v) is 4.80. The Morgan fingerprint density at radius 1 is 1.47 bits per heavy atom. The summed E-state index contributed by atoms with van der Waals surface area (Å²) in [5.74, 6) is -1.07. The van der Waals surface area contributed by atoms with E-state index in [2.05, 4.69) is 10.1 Å². The predicted octanol–water partition coefficient (Wildman–Crippen LogP) is 1.17. The van der Waals surface area contributed by atoms with Gasteiger partial charge in [-0.15, -0.1) is 0 Å². The second-order valence-electron chi connectivity index (χ2n) is 3.29. The molecule has 0 aromatic carbocycles. The number of hydrogen-bond donors (Lipinski definition) is 1. The van der Waals surface area contributed by atoms with Crippen LogP contribution in [0.5, 0.6) is 0 Å². The fraction of sp³-hybridized carbons (Fsp3) is 0.0909. The summed E-state index contributed by atoms with van der Waals surface area (Å²) >= 11 is 0. The Balaban J connectivity index is 2.53. The minimum absolute atomic E-state index is 0.0192. The highest BCUT2D eigenvalue weighted by Gasteiger charge is 2.16. The second kappa shape index (κ2) is 4.45. The molecule has 6 heteroatoms. The normalized spacial score (nSPS) is 9.82. The van der Waals surface area contributed by atoms with Crippen LogP contribution in [0.3, 0.4) is 0 Å². The zero-order valence-corrected chi connectivity index (χ0v) is 8.74. The Morgan fingerprint density at radius 3 is 2.76 bits per heavy atom. The Hall–Kier alpha value is -2.68. The Labute approximate surface area is 96.8 Å². The maximum absolute atomic E-state index is 11.1. The molecular weight excluding hydrogens is 220 g/mol. The first-order chi connectivity index (χ1) is 8.22. The van der Waals surface area contributed by atoms with Crippen LogP contribution in [0.2, 0.25) is 0 Å². The summed E-state index contributed by atoms with van der Waals surface area (Å²) in [6, 6.07) is 5.25. The monoisotopic (exact) mass is 228 g/mol. The quantitative estimate of drug-likeness (QED) is 0.851. The van der Waals surface area contributed by atoms with Gasteiger partial charge in [0.2, 0.25) is 0 Å². The van der Waals surface area contributed by atoms with Crippen LogP contribution in [0.1, 0.15) is 10.4 Å². The number of carboxylic acids is 1. The molecule has 0 aliphatic carbocycles. The highest BCUT2D eigenvalue weighted by Crippen LogP contribution is 2.21. The number of aromatic carboxylic acids is 1. The molecule has 0 amide bonds. The lowest BCUT2D eigenvalue weighted by molar-refractivity contribution is 0.0697. The van der Waals surface area contributed by atoms with Crippen LogP contribution in [-0.2, 0) is 6.54 Å². The van der Waals surface area contributed by atoms with Gasteiger partial charge in [0.15, 0.2) is 0 Å². The van der Waals surface area contributed by atoms with Crippen LogP contribution < -0.4 is 0 Å². The third-order valence-corrected chi connectivity index (χ3v) is 2.18. The molecular formula is C11H8N4O2. The summed E-state index contributed by atoms with van der Waals surface area (Å²) < 4.78 is 1.30.